The highest BCUT2D eigenvalue weighted by atomic mass is 16.5. The van der Waals surface area contributed by atoms with Crippen molar-refractivity contribution < 1.29 is 4.74 Å². The smallest absolute Gasteiger partial charge is 0.0685 e. The van der Waals surface area contributed by atoms with E-state index >= 15 is 0 Å². The van der Waals surface area contributed by atoms with Gasteiger partial charge in [0.05, 0.1) is 5.60 Å². The first-order valence-corrected chi connectivity index (χ1v) is 8.56. The molecular weight excluding hydrogens is 248 g/mol. The number of rotatable bonds is 5. The Kier molecular flexibility index (Phi) is 5.14. The first kappa shape index (κ1) is 16.3. The van der Waals surface area contributed by atoms with Gasteiger partial charge >= 0.3 is 0 Å². The molecule has 2 aliphatic rings. The monoisotopic (exact) mass is 282 g/mol. The molecule has 0 bridgehead atoms. The second kappa shape index (κ2) is 6.33. The van der Waals surface area contributed by atoms with Crippen LogP contribution in [0.1, 0.15) is 65.2 Å². The van der Waals surface area contributed by atoms with Gasteiger partial charge in [0.2, 0.25) is 0 Å². The largest absolute Gasteiger partial charge is 0.375 e. The molecule has 0 aromatic rings. The molecule has 2 N–H and O–H groups in total. The highest BCUT2D eigenvalue weighted by molar-refractivity contribution is 5.02. The summed E-state index contributed by atoms with van der Waals surface area (Å²) in [5.74, 6) is 0.615. The zero-order valence-electron chi connectivity index (χ0n) is 14.0. The van der Waals surface area contributed by atoms with Gasteiger partial charge in [-0.05, 0) is 58.5 Å². The van der Waals surface area contributed by atoms with Crippen LogP contribution in [0.4, 0.5) is 0 Å². The van der Waals surface area contributed by atoms with Crippen LogP contribution < -0.4 is 5.73 Å². The van der Waals surface area contributed by atoms with Crippen molar-refractivity contribution in [2.75, 3.05) is 20.7 Å². The molecule has 1 saturated carbocycles. The van der Waals surface area contributed by atoms with Gasteiger partial charge in [0.15, 0.2) is 0 Å². The van der Waals surface area contributed by atoms with Crippen molar-refractivity contribution >= 4 is 0 Å². The minimum Gasteiger partial charge on any atom is -0.375 e. The minimum atomic E-state index is 0.141. The van der Waals surface area contributed by atoms with E-state index in [1.54, 1.807) is 0 Å². The molecule has 0 aromatic carbocycles. The van der Waals surface area contributed by atoms with E-state index in [2.05, 4.69) is 32.8 Å². The maximum absolute atomic E-state index is 6.80. The fourth-order valence-electron chi connectivity index (χ4n) is 4.83. The van der Waals surface area contributed by atoms with Crippen LogP contribution in [0, 0.1) is 5.92 Å². The Hall–Kier alpha value is -0.120. The number of hydrogen-bond donors (Lipinski definition) is 1. The Balaban J connectivity index is 2.12. The fraction of sp³-hybridized carbons (Fsp3) is 1.00. The van der Waals surface area contributed by atoms with Gasteiger partial charge in [-0.3, -0.25) is 0 Å². The van der Waals surface area contributed by atoms with Crippen LogP contribution in [0.15, 0.2) is 0 Å². The highest BCUT2D eigenvalue weighted by Crippen LogP contribution is 2.44. The summed E-state index contributed by atoms with van der Waals surface area (Å²) in [5, 5.41) is 0. The van der Waals surface area contributed by atoms with Gasteiger partial charge in [0.25, 0.3) is 0 Å². The average Bonchev–Trinajstić information content (AvgIpc) is 2.88. The molecule has 20 heavy (non-hydrogen) atoms. The summed E-state index contributed by atoms with van der Waals surface area (Å²) in [7, 11) is 4.38. The number of hydrogen-bond acceptors (Lipinski definition) is 3. The van der Waals surface area contributed by atoms with Crippen LogP contribution >= 0.6 is 0 Å². The predicted molar refractivity (Wildman–Crippen MR) is 84.9 cm³/mol. The van der Waals surface area contributed by atoms with E-state index in [1.165, 1.54) is 32.1 Å². The highest BCUT2D eigenvalue weighted by Gasteiger charge is 2.46. The van der Waals surface area contributed by atoms with E-state index in [-0.39, 0.29) is 17.2 Å². The molecule has 3 nitrogen and oxygen atoms in total. The third-order valence-electron chi connectivity index (χ3n) is 6.29. The lowest BCUT2D eigenvalue weighted by atomic mass is 9.71. The fourth-order valence-corrected chi connectivity index (χ4v) is 4.83. The third kappa shape index (κ3) is 2.77. The summed E-state index contributed by atoms with van der Waals surface area (Å²) in [4.78, 5) is 2.37. The summed E-state index contributed by atoms with van der Waals surface area (Å²) in [6.07, 6.45) is 9.75. The van der Waals surface area contributed by atoms with E-state index in [4.69, 9.17) is 10.5 Å². The first-order valence-electron chi connectivity index (χ1n) is 8.56. The molecule has 1 aliphatic carbocycles. The SMILES string of the molecule is CCC(CC)(C(N)C1CCOC2(CCCC2)C1)N(C)C. The summed E-state index contributed by atoms with van der Waals surface area (Å²) < 4.78 is 6.18. The zero-order chi connectivity index (χ0) is 14.8. The van der Waals surface area contributed by atoms with Gasteiger partial charge in [-0.1, -0.05) is 26.7 Å². The molecule has 2 rings (SSSR count). The van der Waals surface area contributed by atoms with Crippen molar-refractivity contribution in [3.05, 3.63) is 0 Å². The van der Waals surface area contributed by atoms with E-state index < -0.39 is 0 Å². The molecule has 2 unspecified atom stereocenters. The van der Waals surface area contributed by atoms with Crippen molar-refractivity contribution in [1.82, 2.24) is 4.90 Å². The molecule has 1 saturated heterocycles. The molecule has 1 heterocycles. The number of ether oxygens (including phenoxy) is 1. The molecule has 118 valence electrons. The van der Waals surface area contributed by atoms with Crippen molar-refractivity contribution in [2.24, 2.45) is 11.7 Å². The molecule has 2 atom stereocenters. The second-order valence-electron chi connectivity index (χ2n) is 7.22. The molecule has 0 aromatic heterocycles. The summed E-state index contributed by atoms with van der Waals surface area (Å²) >= 11 is 0. The Morgan fingerprint density at radius 1 is 1.25 bits per heavy atom. The molecule has 2 fully saturated rings. The van der Waals surface area contributed by atoms with Crippen LogP contribution in [0.3, 0.4) is 0 Å². The molecule has 0 radical (unpaired) electrons. The van der Waals surface area contributed by atoms with Gasteiger partial charge in [0, 0.05) is 18.2 Å². The summed E-state index contributed by atoms with van der Waals surface area (Å²) in [5.41, 5.74) is 7.12. The van der Waals surface area contributed by atoms with Gasteiger partial charge < -0.3 is 15.4 Å². The Bertz CT molecular complexity index is 306. The lowest BCUT2D eigenvalue weighted by molar-refractivity contribution is -0.105. The van der Waals surface area contributed by atoms with Crippen molar-refractivity contribution in [3.8, 4) is 0 Å². The van der Waals surface area contributed by atoms with Crippen LogP contribution in [-0.4, -0.2) is 42.8 Å². The molecule has 3 heteroatoms. The normalized spacial score (nSPS) is 28.2. The Labute approximate surface area is 125 Å². The molecule has 0 amide bonds. The molecular formula is C17H34N2O. The van der Waals surface area contributed by atoms with Gasteiger partial charge in [-0.15, -0.1) is 0 Å². The predicted octanol–water partition coefficient (Wildman–Crippen LogP) is 3.17. The lowest BCUT2D eigenvalue weighted by Crippen LogP contribution is -2.61. The lowest BCUT2D eigenvalue weighted by Gasteiger charge is -2.50. The summed E-state index contributed by atoms with van der Waals surface area (Å²) in [6.45, 7) is 5.48. The number of nitrogens with zero attached hydrogens (tertiary/aromatic N) is 1. The van der Waals surface area contributed by atoms with Crippen LogP contribution in [0.2, 0.25) is 0 Å². The van der Waals surface area contributed by atoms with Crippen molar-refractivity contribution in [2.45, 2.75) is 82.4 Å². The molecule has 1 aliphatic heterocycles. The quantitative estimate of drug-likeness (QED) is 0.841. The van der Waals surface area contributed by atoms with Crippen LogP contribution in [0.25, 0.3) is 0 Å². The van der Waals surface area contributed by atoms with Gasteiger partial charge in [-0.2, -0.15) is 0 Å². The first-order chi connectivity index (χ1) is 9.49. The van der Waals surface area contributed by atoms with Crippen LogP contribution in [0.5, 0.6) is 0 Å². The van der Waals surface area contributed by atoms with Crippen molar-refractivity contribution in [1.29, 1.82) is 0 Å². The van der Waals surface area contributed by atoms with E-state index in [0.29, 0.717) is 5.92 Å². The maximum atomic E-state index is 6.80. The summed E-state index contributed by atoms with van der Waals surface area (Å²) in [6, 6.07) is 0.258. The number of likely N-dealkylation sites (N-methyl/N-ethyl adjacent to an activating group) is 1. The second-order valence-corrected chi connectivity index (χ2v) is 7.22. The standard InChI is InChI=1S/C17H34N2O/c1-5-17(6-2,19(3)4)15(18)14-9-12-20-16(13-14)10-7-8-11-16/h14-15H,5-13,18H2,1-4H3. The van der Waals surface area contributed by atoms with Gasteiger partial charge in [-0.25, -0.2) is 0 Å². The zero-order valence-corrected chi connectivity index (χ0v) is 14.0. The average molecular weight is 282 g/mol. The van der Waals surface area contributed by atoms with E-state index in [9.17, 15) is 0 Å². The van der Waals surface area contributed by atoms with E-state index in [1.807, 2.05) is 0 Å². The maximum Gasteiger partial charge on any atom is 0.0685 e. The van der Waals surface area contributed by atoms with Crippen LogP contribution in [-0.2, 0) is 4.74 Å². The molecule has 1 spiro atoms. The van der Waals surface area contributed by atoms with Gasteiger partial charge in [0.1, 0.15) is 0 Å². The van der Waals surface area contributed by atoms with Crippen molar-refractivity contribution in [3.63, 3.8) is 0 Å². The number of nitrogens with two attached hydrogens (primary N) is 1. The Morgan fingerprint density at radius 3 is 2.35 bits per heavy atom. The topological polar surface area (TPSA) is 38.5 Å². The third-order valence-corrected chi connectivity index (χ3v) is 6.29. The van der Waals surface area contributed by atoms with E-state index in [0.717, 1.165) is 25.9 Å². The Morgan fingerprint density at radius 2 is 1.85 bits per heavy atom. The minimum absolute atomic E-state index is 0.141.